The normalized spacial score (nSPS) is 16.7. The van der Waals surface area contributed by atoms with E-state index >= 15 is 0 Å². The lowest BCUT2D eigenvalue weighted by atomic mass is 10.1. The number of carbonyl (C=O) groups excluding carboxylic acids is 1. The molecule has 0 spiro atoms. The van der Waals surface area contributed by atoms with Crippen molar-refractivity contribution in [1.82, 2.24) is 14.9 Å². The third kappa shape index (κ3) is 4.67. The van der Waals surface area contributed by atoms with E-state index in [1.165, 1.54) is 6.20 Å². The molecule has 2 aromatic rings. The molecule has 0 bridgehead atoms. The fourth-order valence-corrected chi connectivity index (χ4v) is 2.94. The molecule has 1 saturated heterocycles. The van der Waals surface area contributed by atoms with Crippen LogP contribution >= 0.6 is 0 Å². The molecule has 2 N–H and O–H groups in total. The minimum atomic E-state index is -0.582. The number of hydrogen-bond donors (Lipinski definition) is 2. The van der Waals surface area contributed by atoms with Gasteiger partial charge in [-0.15, -0.1) is 0 Å². The van der Waals surface area contributed by atoms with E-state index in [0.717, 1.165) is 25.0 Å². The Morgan fingerprint density at radius 3 is 2.72 bits per heavy atom. The SMILES string of the molecule is O=C(Cc1c[nH]c(=O)[nH]c1=O)N(Cc1ccccc1)C[C@H]1CCCO1. The Bertz CT molecular complexity index is 822. The summed E-state index contributed by atoms with van der Waals surface area (Å²) in [5, 5.41) is 0. The van der Waals surface area contributed by atoms with Gasteiger partial charge in [-0.25, -0.2) is 4.79 Å². The summed E-state index contributed by atoms with van der Waals surface area (Å²) in [6.07, 6.45) is 3.19. The maximum absolute atomic E-state index is 12.8. The maximum atomic E-state index is 12.8. The molecule has 0 unspecified atom stereocenters. The van der Waals surface area contributed by atoms with E-state index in [-0.39, 0.29) is 24.0 Å². The second-order valence-corrected chi connectivity index (χ2v) is 6.17. The first-order chi connectivity index (χ1) is 12.1. The number of hydrogen-bond acceptors (Lipinski definition) is 4. The van der Waals surface area contributed by atoms with Gasteiger partial charge < -0.3 is 14.6 Å². The Labute approximate surface area is 144 Å². The summed E-state index contributed by atoms with van der Waals surface area (Å²) in [5.41, 5.74) is 0.148. The van der Waals surface area contributed by atoms with Gasteiger partial charge >= 0.3 is 5.69 Å². The number of nitrogens with zero attached hydrogens (tertiary/aromatic N) is 1. The predicted molar refractivity (Wildman–Crippen MR) is 92.2 cm³/mol. The minimum Gasteiger partial charge on any atom is -0.376 e. The van der Waals surface area contributed by atoms with Gasteiger partial charge in [0, 0.05) is 31.5 Å². The standard InChI is InChI=1S/C18H21N3O4/c22-16(9-14-10-19-18(24)20-17(14)23)21(12-15-7-4-8-25-15)11-13-5-2-1-3-6-13/h1-3,5-6,10,15H,4,7-9,11-12H2,(H2,19,20,23,24)/t15-/m1/s1. The lowest BCUT2D eigenvalue weighted by Gasteiger charge is -2.25. The summed E-state index contributed by atoms with van der Waals surface area (Å²) in [4.78, 5) is 42.0. The van der Waals surface area contributed by atoms with Crippen molar-refractivity contribution < 1.29 is 9.53 Å². The van der Waals surface area contributed by atoms with Crippen LogP contribution in [0.4, 0.5) is 0 Å². The summed E-state index contributed by atoms with van der Waals surface area (Å²) in [5.74, 6) is -0.170. The predicted octanol–water partition coefficient (Wildman–Crippen LogP) is 0.813. The number of ether oxygens (including phenoxy) is 1. The molecule has 1 aliphatic rings. The van der Waals surface area contributed by atoms with E-state index in [1.54, 1.807) is 4.90 Å². The summed E-state index contributed by atoms with van der Waals surface area (Å²) in [6.45, 7) is 1.67. The van der Waals surface area contributed by atoms with Crippen molar-refractivity contribution in [2.24, 2.45) is 0 Å². The van der Waals surface area contributed by atoms with Crippen LogP contribution in [-0.4, -0.2) is 40.0 Å². The lowest BCUT2D eigenvalue weighted by molar-refractivity contribution is -0.132. The molecule has 132 valence electrons. The topological polar surface area (TPSA) is 95.3 Å². The third-order valence-electron chi connectivity index (χ3n) is 4.25. The van der Waals surface area contributed by atoms with Crippen molar-refractivity contribution in [3.05, 3.63) is 68.5 Å². The van der Waals surface area contributed by atoms with Crippen LogP contribution in [0.25, 0.3) is 0 Å². The van der Waals surface area contributed by atoms with Crippen molar-refractivity contribution in [1.29, 1.82) is 0 Å². The van der Waals surface area contributed by atoms with Crippen molar-refractivity contribution in [3.63, 3.8) is 0 Å². The highest BCUT2D eigenvalue weighted by molar-refractivity contribution is 5.78. The first kappa shape index (κ1) is 17.2. The molecule has 7 heteroatoms. The molecule has 1 aliphatic heterocycles. The van der Waals surface area contributed by atoms with E-state index in [0.29, 0.717) is 13.1 Å². The van der Waals surface area contributed by atoms with Crippen LogP contribution in [0, 0.1) is 0 Å². The zero-order chi connectivity index (χ0) is 17.6. The molecule has 1 fully saturated rings. The molecule has 1 atom stereocenters. The Balaban J connectivity index is 1.75. The van der Waals surface area contributed by atoms with Gasteiger partial charge in [-0.05, 0) is 18.4 Å². The van der Waals surface area contributed by atoms with E-state index in [9.17, 15) is 14.4 Å². The number of benzene rings is 1. The number of nitrogens with one attached hydrogen (secondary N) is 2. The number of H-pyrrole nitrogens is 2. The second kappa shape index (κ2) is 7.94. The molecule has 25 heavy (non-hydrogen) atoms. The van der Waals surface area contributed by atoms with Gasteiger partial charge in [0.25, 0.3) is 5.56 Å². The van der Waals surface area contributed by atoms with E-state index in [1.807, 2.05) is 30.3 Å². The van der Waals surface area contributed by atoms with E-state index in [2.05, 4.69) is 9.97 Å². The van der Waals surface area contributed by atoms with Crippen molar-refractivity contribution in [3.8, 4) is 0 Å². The Kier molecular flexibility index (Phi) is 5.45. The molecule has 1 amide bonds. The van der Waals surface area contributed by atoms with Gasteiger partial charge in [0.1, 0.15) is 0 Å². The zero-order valence-electron chi connectivity index (χ0n) is 13.9. The van der Waals surface area contributed by atoms with E-state index < -0.39 is 11.2 Å². The summed E-state index contributed by atoms with van der Waals surface area (Å²) in [7, 11) is 0. The average molecular weight is 343 g/mol. The Morgan fingerprint density at radius 1 is 1.24 bits per heavy atom. The molecular weight excluding hydrogens is 322 g/mol. The molecule has 0 radical (unpaired) electrons. The van der Waals surface area contributed by atoms with Gasteiger partial charge in [0.15, 0.2) is 0 Å². The molecule has 2 heterocycles. The van der Waals surface area contributed by atoms with Crippen molar-refractivity contribution >= 4 is 5.91 Å². The molecule has 1 aromatic carbocycles. The van der Waals surface area contributed by atoms with Crippen LogP contribution in [0.2, 0.25) is 0 Å². The van der Waals surface area contributed by atoms with Gasteiger partial charge in [-0.2, -0.15) is 0 Å². The summed E-state index contributed by atoms with van der Waals surface area (Å²) >= 11 is 0. The fraction of sp³-hybridized carbons (Fsp3) is 0.389. The van der Waals surface area contributed by atoms with Crippen molar-refractivity contribution in [2.45, 2.75) is 31.9 Å². The van der Waals surface area contributed by atoms with Crippen LogP contribution in [-0.2, 0) is 22.5 Å². The maximum Gasteiger partial charge on any atom is 0.325 e. The molecule has 1 aromatic heterocycles. The highest BCUT2D eigenvalue weighted by atomic mass is 16.5. The van der Waals surface area contributed by atoms with Crippen LogP contribution < -0.4 is 11.2 Å². The van der Waals surface area contributed by atoms with Crippen LogP contribution in [0.1, 0.15) is 24.0 Å². The van der Waals surface area contributed by atoms with Crippen LogP contribution in [0.15, 0.2) is 46.1 Å². The molecule has 7 nitrogen and oxygen atoms in total. The van der Waals surface area contributed by atoms with Gasteiger partial charge in [0.05, 0.1) is 12.5 Å². The number of amides is 1. The minimum absolute atomic E-state index is 0.0292. The fourth-order valence-electron chi connectivity index (χ4n) is 2.94. The third-order valence-corrected chi connectivity index (χ3v) is 4.25. The quantitative estimate of drug-likeness (QED) is 0.811. The highest BCUT2D eigenvalue weighted by Gasteiger charge is 2.23. The number of aromatic amines is 2. The lowest BCUT2D eigenvalue weighted by Crippen LogP contribution is -2.39. The number of aromatic nitrogens is 2. The number of rotatable bonds is 6. The van der Waals surface area contributed by atoms with Gasteiger partial charge in [-0.1, -0.05) is 30.3 Å². The smallest absolute Gasteiger partial charge is 0.325 e. The first-order valence-electron chi connectivity index (χ1n) is 8.36. The van der Waals surface area contributed by atoms with Crippen LogP contribution in [0.3, 0.4) is 0 Å². The van der Waals surface area contributed by atoms with Gasteiger partial charge in [0.2, 0.25) is 5.91 Å². The number of carbonyl (C=O) groups is 1. The summed E-state index contributed by atoms with van der Waals surface area (Å²) in [6, 6.07) is 9.70. The molecule has 0 aliphatic carbocycles. The van der Waals surface area contributed by atoms with Crippen LogP contribution in [0.5, 0.6) is 0 Å². The Morgan fingerprint density at radius 2 is 2.04 bits per heavy atom. The first-order valence-corrected chi connectivity index (χ1v) is 8.36. The summed E-state index contributed by atoms with van der Waals surface area (Å²) < 4.78 is 5.65. The largest absolute Gasteiger partial charge is 0.376 e. The zero-order valence-corrected chi connectivity index (χ0v) is 13.9. The van der Waals surface area contributed by atoms with Crippen molar-refractivity contribution in [2.75, 3.05) is 13.2 Å². The Hall–Kier alpha value is -2.67. The van der Waals surface area contributed by atoms with E-state index in [4.69, 9.17) is 4.74 Å². The van der Waals surface area contributed by atoms with Gasteiger partial charge in [-0.3, -0.25) is 14.6 Å². The molecule has 3 rings (SSSR count). The molecular formula is C18H21N3O4. The molecule has 0 saturated carbocycles. The monoisotopic (exact) mass is 343 g/mol. The second-order valence-electron chi connectivity index (χ2n) is 6.17. The average Bonchev–Trinajstić information content (AvgIpc) is 3.11. The highest BCUT2D eigenvalue weighted by Crippen LogP contribution is 2.16.